The number of rotatable bonds is 2. The molecule has 0 bridgehead atoms. The van der Waals surface area contributed by atoms with Crippen molar-refractivity contribution in [2.45, 2.75) is 6.61 Å². The van der Waals surface area contributed by atoms with Crippen molar-refractivity contribution in [2.24, 2.45) is 0 Å². The van der Waals surface area contributed by atoms with Crippen molar-refractivity contribution in [3.63, 3.8) is 0 Å². The quantitative estimate of drug-likeness (QED) is 0.583. The Labute approximate surface area is 135 Å². The summed E-state index contributed by atoms with van der Waals surface area (Å²) >= 11 is 6.06. The molecule has 2 aromatic heterocycles. The molecule has 4 nitrogen and oxygen atoms in total. The van der Waals surface area contributed by atoms with Crippen LogP contribution in [0.3, 0.4) is 0 Å². The summed E-state index contributed by atoms with van der Waals surface area (Å²) in [7, 11) is 0. The lowest BCUT2D eigenvalue weighted by molar-refractivity contribution is 0.281. The molecule has 0 saturated carbocycles. The number of halogens is 1. The first-order valence-electron chi connectivity index (χ1n) is 7.12. The van der Waals surface area contributed by atoms with Crippen LogP contribution in [0.1, 0.15) is 5.56 Å². The minimum absolute atomic E-state index is 0.286. The Morgan fingerprint density at radius 3 is 2.65 bits per heavy atom. The number of nitrogens with one attached hydrogen (secondary N) is 1. The molecule has 0 aliphatic carbocycles. The molecule has 2 heterocycles. The van der Waals surface area contributed by atoms with Crippen molar-refractivity contribution in [1.82, 2.24) is 4.98 Å². The number of aliphatic hydroxyl groups is 1. The Morgan fingerprint density at radius 1 is 1.13 bits per heavy atom. The predicted octanol–water partition coefficient (Wildman–Crippen LogP) is 4.09. The van der Waals surface area contributed by atoms with Crippen LogP contribution in [-0.2, 0) is 6.61 Å². The van der Waals surface area contributed by atoms with Gasteiger partial charge in [0, 0.05) is 16.0 Å². The molecule has 0 radical (unpaired) electrons. The van der Waals surface area contributed by atoms with Crippen molar-refractivity contribution < 1.29 is 9.52 Å². The summed E-state index contributed by atoms with van der Waals surface area (Å²) < 4.78 is 5.95. The van der Waals surface area contributed by atoms with Gasteiger partial charge < -0.3 is 14.5 Å². The first-order valence-corrected chi connectivity index (χ1v) is 7.50. The van der Waals surface area contributed by atoms with Crippen LogP contribution in [0.15, 0.2) is 57.7 Å². The van der Waals surface area contributed by atoms with Gasteiger partial charge in [-0.3, -0.25) is 4.79 Å². The molecule has 0 aliphatic heterocycles. The van der Waals surface area contributed by atoms with Crippen LogP contribution >= 0.6 is 11.6 Å². The Hall–Kier alpha value is -2.56. The van der Waals surface area contributed by atoms with Gasteiger partial charge in [0.1, 0.15) is 5.58 Å². The van der Waals surface area contributed by atoms with Crippen LogP contribution in [0.2, 0.25) is 5.02 Å². The molecule has 4 aromatic rings. The van der Waals surface area contributed by atoms with Crippen molar-refractivity contribution >= 4 is 33.7 Å². The summed E-state index contributed by atoms with van der Waals surface area (Å²) in [6, 6.07) is 14.7. The molecule has 2 aromatic carbocycles. The van der Waals surface area contributed by atoms with Crippen LogP contribution in [0.5, 0.6) is 0 Å². The number of pyridine rings is 1. The van der Waals surface area contributed by atoms with Gasteiger partial charge in [-0.25, -0.2) is 0 Å². The third-order valence-electron chi connectivity index (χ3n) is 3.91. The molecule has 5 heteroatoms. The van der Waals surface area contributed by atoms with E-state index in [0.29, 0.717) is 27.3 Å². The van der Waals surface area contributed by atoms with E-state index in [0.717, 1.165) is 10.9 Å². The fraction of sp³-hybridized carbons (Fsp3) is 0.0556. The predicted molar refractivity (Wildman–Crippen MR) is 90.7 cm³/mol. The molecule has 0 amide bonds. The summed E-state index contributed by atoms with van der Waals surface area (Å²) in [4.78, 5) is 15.2. The first-order chi connectivity index (χ1) is 11.2. The van der Waals surface area contributed by atoms with Gasteiger partial charge in [0.15, 0.2) is 5.58 Å². The molecule has 0 atom stereocenters. The normalized spacial score (nSPS) is 11.4. The zero-order chi connectivity index (χ0) is 16.0. The molecular formula is C18H12ClNO3. The number of fused-ring (bicyclic) bond motifs is 3. The molecule has 23 heavy (non-hydrogen) atoms. The van der Waals surface area contributed by atoms with Crippen LogP contribution in [-0.4, -0.2) is 10.1 Å². The van der Waals surface area contributed by atoms with E-state index >= 15 is 0 Å². The van der Waals surface area contributed by atoms with Gasteiger partial charge in [-0.1, -0.05) is 41.9 Å². The van der Waals surface area contributed by atoms with Gasteiger partial charge in [0.05, 0.1) is 17.7 Å². The third-order valence-corrected chi connectivity index (χ3v) is 4.15. The number of furan rings is 1. The highest BCUT2D eigenvalue weighted by atomic mass is 35.5. The smallest absolute Gasteiger partial charge is 0.254 e. The lowest BCUT2D eigenvalue weighted by Crippen LogP contribution is -2.14. The highest BCUT2D eigenvalue weighted by molar-refractivity contribution is 6.31. The SMILES string of the molecule is O=c1[nH]c2c(oc3ccc(Cl)cc32)c(-c2ccccc2)c1CO. The molecule has 0 unspecified atom stereocenters. The number of H-pyrrole nitrogens is 1. The second-order valence-corrected chi connectivity index (χ2v) is 5.71. The van der Waals surface area contributed by atoms with Gasteiger partial charge in [-0.15, -0.1) is 0 Å². The van der Waals surface area contributed by atoms with E-state index < -0.39 is 0 Å². The number of hydrogen-bond acceptors (Lipinski definition) is 3. The van der Waals surface area contributed by atoms with Gasteiger partial charge in [-0.05, 0) is 23.8 Å². The second kappa shape index (κ2) is 5.26. The van der Waals surface area contributed by atoms with E-state index in [1.165, 1.54) is 0 Å². The van der Waals surface area contributed by atoms with Gasteiger partial charge in [0.2, 0.25) is 0 Å². The summed E-state index contributed by atoms with van der Waals surface area (Å²) in [6.45, 7) is -0.368. The van der Waals surface area contributed by atoms with E-state index in [1.807, 2.05) is 30.3 Å². The zero-order valence-corrected chi connectivity index (χ0v) is 12.7. The number of aromatic nitrogens is 1. The summed E-state index contributed by atoms with van der Waals surface area (Å²) in [5.41, 5.74) is 3.14. The number of aliphatic hydroxyl groups excluding tert-OH is 1. The van der Waals surface area contributed by atoms with E-state index in [4.69, 9.17) is 16.0 Å². The fourth-order valence-electron chi connectivity index (χ4n) is 2.87. The van der Waals surface area contributed by atoms with Crippen molar-refractivity contribution in [3.8, 4) is 11.1 Å². The highest BCUT2D eigenvalue weighted by Gasteiger charge is 2.19. The average molecular weight is 326 g/mol. The van der Waals surface area contributed by atoms with E-state index in [1.54, 1.807) is 18.2 Å². The maximum Gasteiger partial charge on any atom is 0.254 e. The molecule has 0 aliphatic rings. The third kappa shape index (κ3) is 2.15. The molecule has 0 fully saturated rings. The van der Waals surface area contributed by atoms with Crippen LogP contribution < -0.4 is 5.56 Å². The summed E-state index contributed by atoms with van der Waals surface area (Å²) in [5, 5.41) is 11.0. The molecule has 114 valence electrons. The fourth-order valence-corrected chi connectivity index (χ4v) is 3.04. The minimum Gasteiger partial charge on any atom is -0.454 e. The molecule has 0 spiro atoms. The van der Waals surface area contributed by atoms with Gasteiger partial charge in [-0.2, -0.15) is 0 Å². The maximum atomic E-state index is 12.4. The monoisotopic (exact) mass is 325 g/mol. The molecule has 0 saturated heterocycles. The first kappa shape index (κ1) is 14.1. The van der Waals surface area contributed by atoms with Crippen LogP contribution in [0.25, 0.3) is 33.2 Å². The molecule has 2 N–H and O–H groups in total. The van der Waals surface area contributed by atoms with Gasteiger partial charge in [0.25, 0.3) is 5.56 Å². The average Bonchev–Trinajstić information content (AvgIpc) is 2.92. The van der Waals surface area contributed by atoms with Crippen molar-refractivity contribution in [1.29, 1.82) is 0 Å². The molecular weight excluding hydrogens is 314 g/mol. The van der Waals surface area contributed by atoms with E-state index in [-0.39, 0.29) is 17.7 Å². The lowest BCUT2D eigenvalue weighted by Gasteiger charge is -2.07. The number of hydrogen-bond donors (Lipinski definition) is 2. The molecule has 4 rings (SSSR count). The second-order valence-electron chi connectivity index (χ2n) is 5.28. The van der Waals surface area contributed by atoms with Crippen LogP contribution in [0.4, 0.5) is 0 Å². The lowest BCUT2D eigenvalue weighted by atomic mass is 10.00. The Morgan fingerprint density at radius 2 is 1.91 bits per heavy atom. The Kier molecular flexibility index (Phi) is 3.22. The Balaban J connectivity index is 2.22. The van der Waals surface area contributed by atoms with E-state index in [2.05, 4.69) is 4.98 Å². The van der Waals surface area contributed by atoms with Gasteiger partial charge >= 0.3 is 0 Å². The van der Waals surface area contributed by atoms with Crippen molar-refractivity contribution in [3.05, 3.63) is 69.5 Å². The topological polar surface area (TPSA) is 66.2 Å². The van der Waals surface area contributed by atoms with E-state index in [9.17, 15) is 9.90 Å². The largest absolute Gasteiger partial charge is 0.454 e. The number of aromatic amines is 1. The maximum absolute atomic E-state index is 12.4. The van der Waals surface area contributed by atoms with Crippen LogP contribution in [0, 0.1) is 0 Å². The summed E-state index contributed by atoms with van der Waals surface area (Å²) in [6.07, 6.45) is 0. The standard InChI is InChI=1S/C18H12ClNO3/c19-11-6-7-14-12(8-11)16-17(23-14)15(10-4-2-1-3-5-10)13(9-21)18(22)20-16/h1-8,21H,9H2,(H,20,22). The minimum atomic E-state index is -0.368. The summed E-state index contributed by atoms with van der Waals surface area (Å²) in [5.74, 6) is 0. The highest BCUT2D eigenvalue weighted by Crippen LogP contribution is 2.36. The Bertz CT molecular complexity index is 1080. The zero-order valence-electron chi connectivity index (χ0n) is 12.0. The number of benzene rings is 2. The van der Waals surface area contributed by atoms with Crippen molar-refractivity contribution in [2.75, 3.05) is 0 Å².